The fourth-order valence-corrected chi connectivity index (χ4v) is 3.23. The summed E-state index contributed by atoms with van der Waals surface area (Å²) < 4.78 is 5.26. The van der Waals surface area contributed by atoms with E-state index in [4.69, 9.17) is 4.42 Å². The molecule has 0 aromatic carbocycles. The number of rotatable bonds is 4. The van der Waals surface area contributed by atoms with E-state index in [1.165, 1.54) is 39.3 Å². The van der Waals surface area contributed by atoms with Crippen LogP contribution in [0.2, 0.25) is 0 Å². The number of piperazine rings is 1. The third-order valence-electron chi connectivity index (χ3n) is 4.59. The number of aromatic nitrogens is 1. The van der Waals surface area contributed by atoms with Gasteiger partial charge >= 0.3 is 0 Å². The lowest BCUT2D eigenvalue weighted by Gasteiger charge is -2.48. The monoisotopic (exact) mass is 278 g/mol. The summed E-state index contributed by atoms with van der Waals surface area (Å²) in [6.45, 7) is 14.6. The Labute approximate surface area is 121 Å². The maximum Gasteiger partial charge on any atom is 0.191 e. The first kappa shape index (κ1) is 14.0. The van der Waals surface area contributed by atoms with Gasteiger partial charge in [-0.1, -0.05) is 0 Å². The Balaban J connectivity index is 1.40. The van der Waals surface area contributed by atoms with Gasteiger partial charge in [-0.3, -0.25) is 14.7 Å². The number of hydrogen-bond acceptors (Lipinski definition) is 5. The zero-order valence-electron chi connectivity index (χ0n) is 12.9. The predicted molar refractivity (Wildman–Crippen MR) is 78.6 cm³/mol. The fourth-order valence-electron chi connectivity index (χ4n) is 3.23. The lowest BCUT2D eigenvalue weighted by molar-refractivity contribution is -0.00462. The van der Waals surface area contributed by atoms with E-state index >= 15 is 0 Å². The molecule has 2 aliphatic heterocycles. The molecule has 1 aromatic heterocycles. The first-order valence-electron chi connectivity index (χ1n) is 7.73. The molecule has 3 heterocycles. The highest BCUT2D eigenvalue weighted by Gasteiger charge is 2.33. The van der Waals surface area contributed by atoms with Crippen LogP contribution in [0, 0.1) is 6.92 Å². The number of hydrogen-bond donors (Lipinski definition) is 0. The molecule has 0 aliphatic carbocycles. The Morgan fingerprint density at radius 1 is 1.25 bits per heavy atom. The second-order valence-corrected chi connectivity index (χ2v) is 6.37. The van der Waals surface area contributed by atoms with Gasteiger partial charge in [0.25, 0.3) is 0 Å². The van der Waals surface area contributed by atoms with Crippen molar-refractivity contribution in [3.8, 4) is 0 Å². The highest BCUT2D eigenvalue weighted by Crippen LogP contribution is 2.19. The molecular weight excluding hydrogens is 252 g/mol. The van der Waals surface area contributed by atoms with Crippen molar-refractivity contribution in [2.45, 2.75) is 39.4 Å². The van der Waals surface area contributed by atoms with E-state index in [0.717, 1.165) is 24.2 Å². The van der Waals surface area contributed by atoms with Gasteiger partial charge in [-0.2, -0.15) is 0 Å². The van der Waals surface area contributed by atoms with Crippen LogP contribution in [0.25, 0.3) is 0 Å². The van der Waals surface area contributed by atoms with Crippen molar-refractivity contribution in [1.29, 1.82) is 0 Å². The zero-order chi connectivity index (χ0) is 14.1. The lowest BCUT2D eigenvalue weighted by atomic mass is 10.1. The van der Waals surface area contributed by atoms with Crippen LogP contribution < -0.4 is 0 Å². The molecule has 1 aromatic rings. The van der Waals surface area contributed by atoms with Crippen molar-refractivity contribution in [1.82, 2.24) is 19.7 Å². The summed E-state index contributed by atoms with van der Waals surface area (Å²) in [6.07, 6.45) is 1.78. The smallest absolute Gasteiger partial charge is 0.191 e. The maximum absolute atomic E-state index is 5.26. The third kappa shape index (κ3) is 3.05. The van der Waals surface area contributed by atoms with E-state index in [-0.39, 0.29) is 0 Å². The van der Waals surface area contributed by atoms with Gasteiger partial charge in [0.1, 0.15) is 6.26 Å². The molecule has 0 amide bonds. The van der Waals surface area contributed by atoms with Crippen molar-refractivity contribution in [2.24, 2.45) is 0 Å². The fraction of sp³-hybridized carbons (Fsp3) is 0.800. The minimum Gasteiger partial charge on any atom is -0.449 e. The second kappa shape index (κ2) is 5.84. The van der Waals surface area contributed by atoms with Crippen molar-refractivity contribution in [3.63, 3.8) is 0 Å². The van der Waals surface area contributed by atoms with Crippen LogP contribution in [0.1, 0.15) is 25.4 Å². The Kier molecular flexibility index (Phi) is 4.10. The number of oxazole rings is 1. The molecule has 112 valence electrons. The minimum absolute atomic E-state index is 0.686. The van der Waals surface area contributed by atoms with Gasteiger partial charge in [-0.25, -0.2) is 4.98 Å². The standard InChI is InChI=1S/C15H26N4O/c1-12(2)18-4-6-19(7-5-18)15-9-17(10-15)8-14-11-20-13(3)16-14/h11-12,15H,4-10H2,1-3H3. The van der Waals surface area contributed by atoms with Gasteiger partial charge in [0.2, 0.25) is 0 Å². The van der Waals surface area contributed by atoms with Crippen LogP contribution in [0.3, 0.4) is 0 Å². The molecule has 2 saturated heterocycles. The molecule has 0 spiro atoms. The first-order chi connectivity index (χ1) is 9.61. The highest BCUT2D eigenvalue weighted by atomic mass is 16.3. The van der Waals surface area contributed by atoms with Crippen molar-refractivity contribution in [2.75, 3.05) is 39.3 Å². The molecule has 0 saturated carbocycles. The molecule has 0 N–H and O–H groups in total. The number of aryl methyl sites for hydroxylation is 1. The summed E-state index contributed by atoms with van der Waals surface area (Å²) in [5, 5.41) is 0. The molecule has 0 atom stereocenters. The van der Waals surface area contributed by atoms with Crippen LogP contribution in [0.15, 0.2) is 10.7 Å². The number of likely N-dealkylation sites (tertiary alicyclic amines) is 1. The third-order valence-corrected chi connectivity index (χ3v) is 4.59. The van der Waals surface area contributed by atoms with Crippen LogP contribution in [0.5, 0.6) is 0 Å². The van der Waals surface area contributed by atoms with Crippen LogP contribution in [-0.2, 0) is 6.54 Å². The molecule has 2 aliphatic rings. The predicted octanol–water partition coefficient (Wildman–Crippen LogP) is 1.19. The van der Waals surface area contributed by atoms with E-state index in [0.29, 0.717) is 6.04 Å². The minimum atomic E-state index is 0.686. The average molecular weight is 278 g/mol. The van der Waals surface area contributed by atoms with E-state index in [9.17, 15) is 0 Å². The van der Waals surface area contributed by atoms with E-state index < -0.39 is 0 Å². The van der Waals surface area contributed by atoms with E-state index in [1.807, 2.05) is 6.92 Å². The van der Waals surface area contributed by atoms with Crippen molar-refractivity contribution in [3.05, 3.63) is 17.8 Å². The topological polar surface area (TPSA) is 35.8 Å². The van der Waals surface area contributed by atoms with Gasteiger partial charge in [0.15, 0.2) is 5.89 Å². The van der Waals surface area contributed by atoms with Gasteiger partial charge in [0.05, 0.1) is 5.69 Å². The van der Waals surface area contributed by atoms with Crippen molar-refractivity contribution < 1.29 is 4.42 Å². The van der Waals surface area contributed by atoms with Gasteiger partial charge in [-0.05, 0) is 13.8 Å². The highest BCUT2D eigenvalue weighted by molar-refractivity contribution is 4.99. The van der Waals surface area contributed by atoms with Crippen LogP contribution in [-0.4, -0.2) is 71.0 Å². The van der Waals surface area contributed by atoms with Gasteiger partial charge in [-0.15, -0.1) is 0 Å². The summed E-state index contributed by atoms with van der Waals surface area (Å²) >= 11 is 0. The zero-order valence-corrected chi connectivity index (χ0v) is 12.9. The molecular formula is C15H26N4O. The Morgan fingerprint density at radius 2 is 1.95 bits per heavy atom. The summed E-state index contributed by atoms with van der Waals surface area (Å²) in [6, 6.07) is 1.43. The summed E-state index contributed by atoms with van der Waals surface area (Å²) in [7, 11) is 0. The van der Waals surface area contributed by atoms with Gasteiger partial charge < -0.3 is 4.42 Å². The number of nitrogens with zero attached hydrogens (tertiary/aromatic N) is 4. The SMILES string of the molecule is Cc1nc(CN2CC(N3CCN(C(C)C)CC3)C2)co1. The van der Waals surface area contributed by atoms with E-state index in [2.05, 4.69) is 33.5 Å². The molecule has 5 nitrogen and oxygen atoms in total. The molecule has 0 unspecified atom stereocenters. The quantitative estimate of drug-likeness (QED) is 0.827. The molecule has 2 fully saturated rings. The van der Waals surface area contributed by atoms with Crippen molar-refractivity contribution >= 4 is 0 Å². The average Bonchev–Trinajstić information content (AvgIpc) is 2.79. The first-order valence-corrected chi connectivity index (χ1v) is 7.73. The van der Waals surface area contributed by atoms with Crippen LogP contribution >= 0.6 is 0 Å². The van der Waals surface area contributed by atoms with Gasteiger partial charge in [0, 0.05) is 64.8 Å². The molecule has 20 heavy (non-hydrogen) atoms. The summed E-state index contributed by atoms with van der Waals surface area (Å²) in [4.78, 5) is 12.1. The Bertz CT molecular complexity index is 431. The van der Waals surface area contributed by atoms with Crippen LogP contribution in [0.4, 0.5) is 0 Å². The Morgan fingerprint density at radius 3 is 2.50 bits per heavy atom. The second-order valence-electron chi connectivity index (χ2n) is 6.37. The van der Waals surface area contributed by atoms with E-state index in [1.54, 1.807) is 6.26 Å². The molecule has 0 radical (unpaired) electrons. The maximum atomic E-state index is 5.26. The molecule has 3 rings (SSSR count). The Hall–Kier alpha value is -0.910. The lowest BCUT2D eigenvalue weighted by Crippen LogP contribution is -2.63. The summed E-state index contributed by atoms with van der Waals surface area (Å²) in [5.41, 5.74) is 1.06. The summed E-state index contributed by atoms with van der Waals surface area (Å²) in [5.74, 6) is 0.766. The molecule has 5 heteroatoms. The molecule has 0 bridgehead atoms. The largest absolute Gasteiger partial charge is 0.449 e. The normalized spacial score (nSPS) is 23.4.